The molecule has 1 aromatic heterocycles. The molecule has 0 aliphatic carbocycles. The van der Waals surface area contributed by atoms with Crippen molar-refractivity contribution in [2.24, 2.45) is 0 Å². The molecule has 2 rings (SSSR count). The number of pyridine rings is 1. The van der Waals surface area contributed by atoms with Gasteiger partial charge in [0, 0.05) is 32.3 Å². The second-order valence-electron chi connectivity index (χ2n) is 4.44. The van der Waals surface area contributed by atoms with Crippen molar-refractivity contribution in [3.05, 3.63) is 30.5 Å². The minimum Gasteiger partial charge on any atom is -0.497 e. The van der Waals surface area contributed by atoms with Gasteiger partial charge in [-0.1, -0.05) is 6.07 Å². The summed E-state index contributed by atoms with van der Waals surface area (Å²) in [7, 11) is 4.99. The number of hydrogen-bond acceptors (Lipinski definition) is 5. The number of nitrogens with one attached hydrogen (secondary N) is 1. The summed E-state index contributed by atoms with van der Waals surface area (Å²) in [4.78, 5) is 4.39. The van der Waals surface area contributed by atoms with Crippen molar-refractivity contribution < 1.29 is 14.2 Å². The molecule has 0 aliphatic heterocycles. The lowest BCUT2D eigenvalue weighted by Crippen LogP contribution is -2.26. The van der Waals surface area contributed by atoms with Crippen molar-refractivity contribution >= 4 is 16.6 Å². The van der Waals surface area contributed by atoms with Crippen LogP contribution in [0.2, 0.25) is 0 Å². The minimum atomic E-state index is -0.0114. The quantitative estimate of drug-likeness (QED) is 0.841. The van der Waals surface area contributed by atoms with Gasteiger partial charge in [0.1, 0.15) is 11.6 Å². The highest BCUT2D eigenvalue weighted by Crippen LogP contribution is 2.25. The predicted molar refractivity (Wildman–Crippen MR) is 79.5 cm³/mol. The Morgan fingerprint density at radius 1 is 1.20 bits per heavy atom. The third kappa shape index (κ3) is 3.37. The van der Waals surface area contributed by atoms with Crippen molar-refractivity contribution in [2.45, 2.75) is 6.10 Å². The summed E-state index contributed by atoms with van der Waals surface area (Å²) in [6.07, 6.45) is 1.78. The normalized spacial score (nSPS) is 12.3. The topological polar surface area (TPSA) is 52.6 Å². The monoisotopic (exact) mass is 276 g/mol. The van der Waals surface area contributed by atoms with E-state index in [0.717, 1.165) is 22.3 Å². The number of benzene rings is 1. The molecule has 1 heterocycles. The summed E-state index contributed by atoms with van der Waals surface area (Å²) in [6, 6.07) is 7.91. The van der Waals surface area contributed by atoms with E-state index in [1.807, 2.05) is 24.3 Å². The average molecular weight is 276 g/mol. The second kappa shape index (κ2) is 7.07. The lowest BCUT2D eigenvalue weighted by molar-refractivity contribution is 0.0365. The molecule has 5 heteroatoms. The summed E-state index contributed by atoms with van der Waals surface area (Å²) in [6.45, 7) is 1.17. The number of rotatable bonds is 7. The fraction of sp³-hybridized carbons (Fsp3) is 0.400. The van der Waals surface area contributed by atoms with Gasteiger partial charge in [-0.25, -0.2) is 4.98 Å². The molecule has 0 saturated heterocycles. The molecule has 1 aromatic carbocycles. The first-order valence-electron chi connectivity index (χ1n) is 6.47. The molecule has 0 fully saturated rings. The lowest BCUT2D eigenvalue weighted by Gasteiger charge is -2.16. The van der Waals surface area contributed by atoms with Crippen LogP contribution in [0.1, 0.15) is 0 Å². The second-order valence-corrected chi connectivity index (χ2v) is 4.44. The van der Waals surface area contributed by atoms with Gasteiger partial charge in [-0.15, -0.1) is 0 Å². The molecule has 2 aromatic rings. The maximum absolute atomic E-state index is 5.33. The Kier molecular flexibility index (Phi) is 5.15. The van der Waals surface area contributed by atoms with E-state index >= 15 is 0 Å². The molecule has 1 N–H and O–H groups in total. The predicted octanol–water partition coefficient (Wildman–Crippen LogP) is 2.32. The van der Waals surface area contributed by atoms with E-state index in [1.165, 1.54) is 0 Å². The van der Waals surface area contributed by atoms with E-state index in [2.05, 4.69) is 10.3 Å². The van der Waals surface area contributed by atoms with Crippen LogP contribution in [-0.2, 0) is 9.47 Å². The standard InChI is InChI=1S/C15H20N2O3/c1-18-10-13(20-3)9-17-15-14-8-12(19-2)5-4-11(14)6-7-16-15/h4-8,13H,9-10H2,1-3H3,(H,16,17). The van der Waals surface area contributed by atoms with Crippen LogP contribution in [-0.4, -0.2) is 45.6 Å². The van der Waals surface area contributed by atoms with Gasteiger partial charge >= 0.3 is 0 Å². The summed E-state index contributed by atoms with van der Waals surface area (Å²) in [5, 5.41) is 5.44. The molecular weight excluding hydrogens is 256 g/mol. The maximum Gasteiger partial charge on any atom is 0.134 e. The van der Waals surface area contributed by atoms with Crippen LogP contribution in [0.3, 0.4) is 0 Å². The first-order chi connectivity index (χ1) is 9.78. The molecule has 1 atom stereocenters. The Morgan fingerprint density at radius 3 is 2.75 bits per heavy atom. The van der Waals surface area contributed by atoms with Crippen LogP contribution in [0.25, 0.3) is 10.8 Å². The van der Waals surface area contributed by atoms with Gasteiger partial charge in [-0.2, -0.15) is 0 Å². The molecule has 0 spiro atoms. The first kappa shape index (κ1) is 14.6. The molecule has 5 nitrogen and oxygen atoms in total. The van der Waals surface area contributed by atoms with Crippen molar-refractivity contribution in [3.8, 4) is 5.75 Å². The highest BCUT2D eigenvalue weighted by molar-refractivity contribution is 5.92. The van der Waals surface area contributed by atoms with Gasteiger partial charge in [0.15, 0.2) is 0 Å². The van der Waals surface area contributed by atoms with Gasteiger partial charge in [-0.05, 0) is 23.6 Å². The van der Waals surface area contributed by atoms with E-state index in [-0.39, 0.29) is 6.10 Å². The van der Waals surface area contributed by atoms with Gasteiger partial charge in [0.05, 0.1) is 19.8 Å². The van der Waals surface area contributed by atoms with Crippen LogP contribution < -0.4 is 10.1 Å². The zero-order chi connectivity index (χ0) is 14.4. The van der Waals surface area contributed by atoms with Crippen molar-refractivity contribution in [1.29, 1.82) is 0 Å². The highest BCUT2D eigenvalue weighted by atomic mass is 16.5. The minimum absolute atomic E-state index is 0.0114. The molecular formula is C15H20N2O3. The summed E-state index contributed by atoms with van der Waals surface area (Å²) in [5.41, 5.74) is 0. The Balaban J connectivity index is 2.20. The van der Waals surface area contributed by atoms with Crippen LogP contribution in [0.4, 0.5) is 5.82 Å². The van der Waals surface area contributed by atoms with E-state index in [1.54, 1.807) is 27.5 Å². The number of ether oxygens (including phenoxy) is 3. The van der Waals surface area contributed by atoms with E-state index in [4.69, 9.17) is 14.2 Å². The average Bonchev–Trinajstić information content (AvgIpc) is 2.50. The number of hydrogen-bond donors (Lipinski definition) is 1. The Bertz CT molecular complexity index is 560. The molecule has 0 aliphatic rings. The smallest absolute Gasteiger partial charge is 0.134 e. The number of fused-ring (bicyclic) bond motifs is 1. The molecule has 108 valence electrons. The fourth-order valence-corrected chi connectivity index (χ4v) is 2.02. The largest absolute Gasteiger partial charge is 0.497 e. The van der Waals surface area contributed by atoms with Gasteiger partial charge in [0.2, 0.25) is 0 Å². The summed E-state index contributed by atoms with van der Waals surface area (Å²) >= 11 is 0. The van der Waals surface area contributed by atoms with Gasteiger partial charge in [-0.3, -0.25) is 0 Å². The summed E-state index contributed by atoms with van der Waals surface area (Å²) in [5.74, 6) is 1.63. The van der Waals surface area contributed by atoms with E-state index in [0.29, 0.717) is 13.2 Å². The fourth-order valence-electron chi connectivity index (χ4n) is 2.02. The first-order valence-corrected chi connectivity index (χ1v) is 6.47. The van der Waals surface area contributed by atoms with Crippen LogP contribution in [0.15, 0.2) is 30.5 Å². The van der Waals surface area contributed by atoms with Crippen LogP contribution in [0.5, 0.6) is 5.75 Å². The van der Waals surface area contributed by atoms with E-state index < -0.39 is 0 Å². The number of anilines is 1. The Hall–Kier alpha value is -1.85. The van der Waals surface area contributed by atoms with E-state index in [9.17, 15) is 0 Å². The van der Waals surface area contributed by atoms with Crippen LogP contribution in [0, 0.1) is 0 Å². The summed E-state index contributed by atoms with van der Waals surface area (Å²) < 4.78 is 15.7. The zero-order valence-electron chi connectivity index (χ0n) is 12.1. The van der Waals surface area contributed by atoms with Gasteiger partial charge < -0.3 is 19.5 Å². The molecule has 20 heavy (non-hydrogen) atoms. The Morgan fingerprint density at radius 2 is 2.05 bits per heavy atom. The molecule has 1 unspecified atom stereocenters. The third-order valence-electron chi connectivity index (χ3n) is 3.16. The molecule has 0 amide bonds. The molecule has 0 bridgehead atoms. The maximum atomic E-state index is 5.33. The van der Waals surface area contributed by atoms with Crippen LogP contribution >= 0.6 is 0 Å². The highest BCUT2D eigenvalue weighted by Gasteiger charge is 2.09. The Labute approximate surface area is 118 Å². The molecule has 0 saturated carbocycles. The van der Waals surface area contributed by atoms with Crippen molar-refractivity contribution in [2.75, 3.05) is 39.8 Å². The van der Waals surface area contributed by atoms with Crippen molar-refractivity contribution in [3.63, 3.8) is 0 Å². The SMILES string of the molecule is COCC(CNc1nccc2ccc(OC)cc12)OC. The van der Waals surface area contributed by atoms with Gasteiger partial charge in [0.25, 0.3) is 0 Å². The lowest BCUT2D eigenvalue weighted by atomic mass is 10.1. The van der Waals surface area contributed by atoms with Crippen molar-refractivity contribution in [1.82, 2.24) is 4.98 Å². The zero-order valence-corrected chi connectivity index (χ0v) is 12.1. The third-order valence-corrected chi connectivity index (χ3v) is 3.16. The number of aromatic nitrogens is 1. The number of methoxy groups -OCH3 is 3. The number of nitrogens with zero attached hydrogens (tertiary/aromatic N) is 1. The molecule has 0 radical (unpaired) electrons.